The van der Waals surface area contributed by atoms with Gasteiger partial charge in [-0.2, -0.15) is 0 Å². The van der Waals surface area contributed by atoms with Gasteiger partial charge in [0, 0.05) is 40.3 Å². The maximum atomic E-state index is 13.5. The molecule has 138 valence electrons. The van der Waals surface area contributed by atoms with Crippen molar-refractivity contribution < 1.29 is 13.9 Å². The van der Waals surface area contributed by atoms with Crippen molar-refractivity contribution in [2.45, 2.75) is 12.8 Å². The molecule has 0 saturated heterocycles. The number of halogens is 1. The van der Waals surface area contributed by atoms with Crippen LogP contribution in [0, 0.1) is 11.7 Å². The summed E-state index contributed by atoms with van der Waals surface area (Å²) in [7, 11) is 3.65. The van der Waals surface area contributed by atoms with Crippen LogP contribution in [-0.4, -0.2) is 63.7 Å². The standard InChI is InChI=1S/C18H27FN4O2/c1-20-18(23(2)11-12-25-13-14-7-8-14)22-10-9-21-17(24)15-5-3-4-6-16(15)19/h3-6,14H,7-13H2,1-2H3,(H,20,22)(H,21,24). The Kier molecular flexibility index (Phi) is 7.66. The van der Waals surface area contributed by atoms with E-state index in [0.29, 0.717) is 19.7 Å². The van der Waals surface area contributed by atoms with Crippen molar-refractivity contribution in [3.05, 3.63) is 35.6 Å². The van der Waals surface area contributed by atoms with Gasteiger partial charge in [-0.1, -0.05) is 12.1 Å². The molecule has 1 aliphatic carbocycles. The lowest BCUT2D eigenvalue weighted by Gasteiger charge is -2.22. The van der Waals surface area contributed by atoms with Crippen molar-refractivity contribution in [3.63, 3.8) is 0 Å². The zero-order chi connectivity index (χ0) is 18.1. The highest BCUT2D eigenvalue weighted by molar-refractivity contribution is 5.94. The van der Waals surface area contributed by atoms with Gasteiger partial charge in [0.2, 0.25) is 0 Å². The Bertz CT molecular complexity index is 590. The minimum atomic E-state index is -0.519. The molecule has 1 aromatic rings. The minimum Gasteiger partial charge on any atom is -0.379 e. The number of hydrogen-bond donors (Lipinski definition) is 2. The van der Waals surface area contributed by atoms with Crippen LogP contribution in [0.2, 0.25) is 0 Å². The molecule has 0 atom stereocenters. The lowest BCUT2D eigenvalue weighted by atomic mass is 10.2. The van der Waals surface area contributed by atoms with Gasteiger partial charge in [0.05, 0.1) is 12.2 Å². The van der Waals surface area contributed by atoms with Crippen LogP contribution in [0.4, 0.5) is 4.39 Å². The number of carbonyl (C=O) groups is 1. The molecule has 0 unspecified atom stereocenters. The highest BCUT2D eigenvalue weighted by atomic mass is 19.1. The van der Waals surface area contributed by atoms with Gasteiger partial charge >= 0.3 is 0 Å². The second-order valence-electron chi connectivity index (χ2n) is 6.15. The number of amides is 1. The number of likely N-dealkylation sites (N-methyl/N-ethyl adjacent to an activating group) is 1. The molecular formula is C18H27FN4O2. The fourth-order valence-corrected chi connectivity index (χ4v) is 2.32. The minimum absolute atomic E-state index is 0.0526. The monoisotopic (exact) mass is 350 g/mol. The van der Waals surface area contributed by atoms with E-state index in [2.05, 4.69) is 15.6 Å². The van der Waals surface area contributed by atoms with Gasteiger partial charge in [-0.3, -0.25) is 9.79 Å². The van der Waals surface area contributed by atoms with E-state index < -0.39 is 11.7 Å². The van der Waals surface area contributed by atoms with Crippen molar-refractivity contribution in [2.75, 3.05) is 46.9 Å². The van der Waals surface area contributed by atoms with E-state index in [9.17, 15) is 9.18 Å². The molecule has 1 aliphatic rings. The Morgan fingerprint density at radius 1 is 1.32 bits per heavy atom. The number of nitrogens with one attached hydrogen (secondary N) is 2. The van der Waals surface area contributed by atoms with Gasteiger partial charge in [-0.15, -0.1) is 0 Å². The Balaban J connectivity index is 1.62. The van der Waals surface area contributed by atoms with Crippen LogP contribution in [0.25, 0.3) is 0 Å². The zero-order valence-corrected chi connectivity index (χ0v) is 14.9. The molecule has 2 N–H and O–H groups in total. The topological polar surface area (TPSA) is 66.0 Å². The summed E-state index contributed by atoms with van der Waals surface area (Å²) in [6, 6.07) is 5.93. The average molecular weight is 350 g/mol. The predicted octanol–water partition coefficient (Wildman–Crippen LogP) is 1.49. The second kappa shape index (κ2) is 9.98. The maximum Gasteiger partial charge on any atom is 0.254 e. The molecule has 0 bridgehead atoms. The Labute approximate surface area is 148 Å². The first kappa shape index (κ1) is 19.2. The van der Waals surface area contributed by atoms with Crippen LogP contribution in [-0.2, 0) is 4.74 Å². The quantitative estimate of drug-likeness (QED) is 0.402. The van der Waals surface area contributed by atoms with E-state index in [1.165, 1.54) is 25.0 Å². The smallest absolute Gasteiger partial charge is 0.254 e. The van der Waals surface area contributed by atoms with E-state index >= 15 is 0 Å². The molecule has 1 aromatic carbocycles. The van der Waals surface area contributed by atoms with Crippen LogP contribution < -0.4 is 10.6 Å². The summed E-state index contributed by atoms with van der Waals surface area (Å²) in [5, 5.41) is 5.85. The third-order valence-corrected chi connectivity index (χ3v) is 4.01. The fraction of sp³-hybridized carbons (Fsp3) is 0.556. The maximum absolute atomic E-state index is 13.5. The van der Waals surface area contributed by atoms with Gasteiger partial charge < -0.3 is 20.3 Å². The first-order valence-corrected chi connectivity index (χ1v) is 8.64. The number of hydrogen-bond acceptors (Lipinski definition) is 3. The lowest BCUT2D eigenvalue weighted by Crippen LogP contribution is -2.43. The largest absolute Gasteiger partial charge is 0.379 e. The average Bonchev–Trinajstić information content (AvgIpc) is 3.43. The first-order chi connectivity index (χ1) is 12.1. The predicted molar refractivity (Wildman–Crippen MR) is 96.3 cm³/mol. The molecule has 6 nitrogen and oxygen atoms in total. The molecule has 0 spiro atoms. The molecule has 0 heterocycles. The Morgan fingerprint density at radius 3 is 2.72 bits per heavy atom. The van der Waals surface area contributed by atoms with Gasteiger partial charge in [0.25, 0.3) is 5.91 Å². The summed E-state index contributed by atoms with van der Waals surface area (Å²) in [6.07, 6.45) is 2.58. The molecule has 7 heteroatoms. The summed E-state index contributed by atoms with van der Waals surface area (Å²) in [6.45, 7) is 3.13. The zero-order valence-electron chi connectivity index (χ0n) is 14.9. The summed E-state index contributed by atoms with van der Waals surface area (Å²) in [5.74, 6) is 0.558. The molecular weight excluding hydrogens is 323 g/mol. The van der Waals surface area contributed by atoms with Crippen LogP contribution in [0.3, 0.4) is 0 Å². The first-order valence-electron chi connectivity index (χ1n) is 8.64. The van der Waals surface area contributed by atoms with E-state index in [-0.39, 0.29) is 5.56 Å². The number of carbonyl (C=O) groups excluding carboxylic acids is 1. The summed E-state index contributed by atoms with van der Waals surface area (Å²) >= 11 is 0. The fourth-order valence-electron chi connectivity index (χ4n) is 2.32. The van der Waals surface area contributed by atoms with Gasteiger partial charge in [-0.25, -0.2) is 4.39 Å². The molecule has 1 saturated carbocycles. The van der Waals surface area contributed by atoms with Gasteiger partial charge in [0.15, 0.2) is 5.96 Å². The third-order valence-electron chi connectivity index (χ3n) is 4.01. The molecule has 0 aromatic heterocycles. The van der Waals surface area contributed by atoms with Crippen LogP contribution in [0.1, 0.15) is 23.2 Å². The second-order valence-corrected chi connectivity index (χ2v) is 6.15. The van der Waals surface area contributed by atoms with Crippen molar-refractivity contribution >= 4 is 11.9 Å². The number of aliphatic imine (C=N–C) groups is 1. The number of ether oxygens (including phenoxy) is 1. The Morgan fingerprint density at radius 2 is 2.04 bits per heavy atom. The molecule has 1 fully saturated rings. The number of rotatable bonds is 9. The number of benzene rings is 1. The molecule has 1 amide bonds. The molecule has 25 heavy (non-hydrogen) atoms. The third kappa shape index (κ3) is 6.70. The van der Waals surface area contributed by atoms with E-state index in [1.54, 1.807) is 19.2 Å². The van der Waals surface area contributed by atoms with Crippen LogP contribution in [0.15, 0.2) is 29.3 Å². The highest BCUT2D eigenvalue weighted by Gasteiger charge is 2.21. The van der Waals surface area contributed by atoms with E-state index in [4.69, 9.17) is 4.74 Å². The SMILES string of the molecule is CN=C(NCCNC(=O)c1ccccc1F)N(C)CCOCC1CC1. The van der Waals surface area contributed by atoms with E-state index in [0.717, 1.165) is 25.0 Å². The summed E-state index contributed by atoms with van der Waals surface area (Å²) in [4.78, 5) is 18.1. The van der Waals surface area contributed by atoms with Crippen LogP contribution in [0.5, 0.6) is 0 Å². The van der Waals surface area contributed by atoms with Gasteiger partial charge in [0.1, 0.15) is 5.82 Å². The van der Waals surface area contributed by atoms with Crippen LogP contribution >= 0.6 is 0 Å². The number of guanidine groups is 1. The van der Waals surface area contributed by atoms with Crippen molar-refractivity contribution in [1.29, 1.82) is 0 Å². The van der Waals surface area contributed by atoms with Crippen molar-refractivity contribution in [1.82, 2.24) is 15.5 Å². The highest BCUT2D eigenvalue weighted by Crippen LogP contribution is 2.28. The van der Waals surface area contributed by atoms with Crippen molar-refractivity contribution in [3.8, 4) is 0 Å². The van der Waals surface area contributed by atoms with E-state index in [1.807, 2.05) is 11.9 Å². The lowest BCUT2D eigenvalue weighted by molar-refractivity contribution is 0.0950. The molecule has 2 rings (SSSR count). The number of nitrogens with zero attached hydrogens (tertiary/aromatic N) is 2. The normalized spacial score (nSPS) is 14.3. The summed E-state index contributed by atoms with van der Waals surface area (Å²) in [5.41, 5.74) is 0.0526. The summed E-state index contributed by atoms with van der Waals surface area (Å²) < 4.78 is 19.1. The molecule has 0 radical (unpaired) electrons. The Hall–Kier alpha value is -2.15. The van der Waals surface area contributed by atoms with Crippen molar-refractivity contribution in [2.24, 2.45) is 10.9 Å². The van der Waals surface area contributed by atoms with Gasteiger partial charge in [-0.05, 0) is 30.9 Å². The molecule has 0 aliphatic heterocycles.